The van der Waals surface area contributed by atoms with E-state index in [1.165, 1.54) is 51.4 Å². The molecule has 0 radical (unpaired) electrons. The van der Waals surface area contributed by atoms with E-state index < -0.39 is 11.4 Å². The number of carboxylic acids is 1. The molecular weight excluding hydrogens is 400 g/mol. The third kappa shape index (κ3) is 3.82. The highest BCUT2D eigenvalue weighted by molar-refractivity contribution is 5.75. The highest BCUT2D eigenvalue weighted by Gasteiger charge is 2.68. The average molecular weight is 447 g/mol. The SMILES string of the molecule is CCCCCCCC(=O)O[C@H]1CC[C@@](C)(C(=O)O)[C@H]2CC[C@@]34C[C@H](CC[C@H]3[C@]12C)[C@@H](C)C4. The minimum Gasteiger partial charge on any atom is -0.481 e. The molecule has 0 amide bonds. The summed E-state index contributed by atoms with van der Waals surface area (Å²) in [4.78, 5) is 25.4. The minimum absolute atomic E-state index is 0.0569. The van der Waals surface area contributed by atoms with Gasteiger partial charge in [-0.05, 0) is 93.8 Å². The largest absolute Gasteiger partial charge is 0.481 e. The van der Waals surface area contributed by atoms with E-state index in [1.807, 2.05) is 6.92 Å². The van der Waals surface area contributed by atoms with Gasteiger partial charge in [0.2, 0.25) is 0 Å². The summed E-state index contributed by atoms with van der Waals surface area (Å²) in [5, 5.41) is 10.3. The molecule has 4 rings (SSSR count). The number of carboxylic acid groups (broad SMARTS) is 1. The maximum absolute atomic E-state index is 12.9. The van der Waals surface area contributed by atoms with Crippen LogP contribution in [0.15, 0.2) is 0 Å². The van der Waals surface area contributed by atoms with Crippen LogP contribution in [0, 0.1) is 39.9 Å². The highest BCUT2D eigenvalue weighted by atomic mass is 16.5. The monoisotopic (exact) mass is 446 g/mol. The van der Waals surface area contributed by atoms with Gasteiger partial charge in [-0.15, -0.1) is 0 Å². The number of unbranched alkanes of at least 4 members (excludes halogenated alkanes) is 4. The van der Waals surface area contributed by atoms with Gasteiger partial charge in [0.1, 0.15) is 6.10 Å². The molecule has 182 valence electrons. The Morgan fingerprint density at radius 3 is 2.41 bits per heavy atom. The van der Waals surface area contributed by atoms with Gasteiger partial charge in [0.15, 0.2) is 0 Å². The minimum atomic E-state index is -0.708. The van der Waals surface area contributed by atoms with Gasteiger partial charge in [0.25, 0.3) is 0 Å². The van der Waals surface area contributed by atoms with Crippen LogP contribution < -0.4 is 0 Å². The smallest absolute Gasteiger partial charge is 0.309 e. The fourth-order valence-corrected chi connectivity index (χ4v) is 9.21. The molecule has 4 fully saturated rings. The number of rotatable bonds is 8. The van der Waals surface area contributed by atoms with Crippen molar-refractivity contribution in [2.75, 3.05) is 0 Å². The highest BCUT2D eigenvalue weighted by Crippen LogP contribution is 2.72. The fraction of sp³-hybridized carbons (Fsp3) is 0.929. The summed E-state index contributed by atoms with van der Waals surface area (Å²) in [5.74, 6) is 1.48. The third-order valence-corrected chi connectivity index (χ3v) is 10.8. The average Bonchev–Trinajstić information content (AvgIpc) is 2.98. The molecule has 0 aliphatic heterocycles. The predicted octanol–water partition coefficient (Wildman–Crippen LogP) is 7.00. The number of hydrogen-bond donors (Lipinski definition) is 1. The van der Waals surface area contributed by atoms with Gasteiger partial charge in [-0.25, -0.2) is 0 Å². The molecule has 1 spiro atoms. The summed E-state index contributed by atoms with van der Waals surface area (Å²) < 4.78 is 6.29. The maximum atomic E-state index is 12.9. The van der Waals surface area contributed by atoms with E-state index in [9.17, 15) is 14.7 Å². The summed E-state index contributed by atoms with van der Waals surface area (Å²) in [5.41, 5.74) is -0.591. The normalized spacial score (nSPS) is 45.1. The van der Waals surface area contributed by atoms with Crippen molar-refractivity contribution in [3.8, 4) is 0 Å². The number of carbonyl (C=O) groups is 2. The number of ether oxygens (including phenoxy) is 1. The number of fused-ring (bicyclic) bond motifs is 3. The lowest BCUT2D eigenvalue weighted by Gasteiger charge is -2.65. The lowest BCUT2D eigenvalue weighted by molar-refractivity contribution is -0.222. The second-order valence-electron chi connectivity index (χ2n) is 12.5. The lowest BCUT2D eigenvalue weighted by Crippen LogP contribution is -2.64. The molecule has 4 nitrogen and oxygen atoms in total. The Balaban J connectivity index is 1.56. The molecule has 0 heterocycles. The number of hydrogen-bond acceptors (Lipinski definition) is 3. The summed E-state index contributed by atoms with van der Waals surface area (Å²) >= 11 is 0. The topological polar surface area (TPSA) is 63.6 Å². The van der Waals surface area contributed by atoms with Crippen LogP contribution in [0.4, 0.5) is 0 Å². The zero-order valence-electron chi connectivity index (χ0n) is 21.0. The fourth-order valence-electron chi connectivity index (χ4n) is 9.21. The van der Waals surface area contributed by atoms with E-state index in [2.05, 4.69) is 20.8 Å². The first-order valence-electron chi connectivity index (χ1n) is 13.6. The van der Waals surface area contributed by atoms with Crippen molar-refractivity contribution >= 4 is 11.9 Å². The van der Waals surface area contributed by atoms with Crippen molar-refractivity contribution in [1.82, 2.24) is 0 Å². The van der Waals surface area contributed by atoms with E-state index in [0.29, 0.717) is 30.6 Å². The lowest BCUT2D eigenvalue weighted by atomic mass is 9.40. The molecule has 4 aliphatic rings. The molecule has 4 heteroatoms. The Kier molecular flexibility index (Phi) is 6.73. The molecule has 2 bridgehead atoms. The van der Waals surface area contributed by atoms with Gasteiger partial charge in [-0.1, -0.05) is 46.5 Å². The van der Waals surface area contributed by atoms with Crippen molar-refractivity contribution in [2.24, 2.45) is 39.9 Å². The van der Waals surface area contributed by atoms with Gasteiger partial charge >= 0.3 is 11.9 Å². The van der Waals surface area contributed by atoms with E-state index >= 15 is 0 Å². The molecule has 32 heavy (non-hydrogen) atoms. The zero-order chi connectivity index (χ0) is 23.1. The predicted molar refractivity (Wildman–Crippen MR) is 126 cm³/mol. The summed E-state index contributed by atoms with van der Waals surface area (Å²) in [6.45, 7) is 8.93. The van der Waals surface area contributed by atoms with Crippen LogP contribution in [0.25, 0.3) is 0 Å². The number of esters is 1. The standard InChI is InChI=1S/C28H46O4/c1-5-6-7-8-9-10-24(29)32-23-14-15-26(3,25(30)31)21-13-16-28-17-19(2)20(18-28)11-12-22(28)27(21,23)4/h19-23H,5-18H2,1-4H3,(H,30,31)/t19-,20-,21+,22-,23-,26+,27+,28+/m0/s1. The van der Waals surface area contributed by atoms with Crippen molar-refractivity contribution in [3.63, 3.8) is 0 Å². The van der Waals surface area contributed by atoms with Crippen LogP contribution in [0.2, 0.25) is 0 Å². The van der Waals surface area contributed by atoms with Crippen molar-refractivity contribution in [2.45, 2.75) is 124 Å². The molecule has 0 unspecified atom stereocenters. The van der Waals surface area contributed by atoms with Crippen molar-refractivity contribution < 1.29 is 19.4 Å². The molecule has 1 N–H and O–H groups in total. The van der Waals surface area contributed by atoms with E-state index in [0.717, 1.165) is 31.1 Å². The molecule has 4 aliphatic carbocycles. The quantitative estimate of drug-likeness (QED) is 0.322. The van der Waals surface area contributed by atoms with E-state index in [4.69, 9.17) is 4.74 Å². The first-order chi connectivity index (χ1) is 15.2. The van der Waals surface area contributed by atoms with Crippen LogP contribution in [0.3, 0.4) is 0 Å². The Hall–Kier alpha value is -1.06. The van der Waals surface area contributed by atoms with Crippen molar-refractivity contribution in [1.29, 1.82) is 0 Å². The molecular formula is C28H46O4. The number of carbonyl (C=O) groups excluding carboxylic acids is 1. The third-order valence-electron chi connectivity index (χ3n) is 10.8. The molecule has 0 saturated heterocycles. The molecule has 4 saturated carbocycles. The summed E-state index contributed by atoms with van der Waals surface area (Å²) in [6, 6.07) is 0. The van der Waals surface area contributed by atoms with Crippen LogP contribution in [0.1, 0.15) is 118 Å². The Morgan fingerprint density at radius 2 is 1.69 bits per heavy atom. The molecule has 0 aromatic carbocycles. The molecule has 0 aromatic rings. The van der Waals surface area contributed by atoms with Crippen LogP contribution >= 0.6 is 0 Å². The van der Waals surface area contributed by atoms with Gasteiger partial charge in [0.05, 0.1) is 5.41 Å². The van der Waals surface area contributed by atoms with Crippen molar-refractivity contribution in [3.05, 3.63) is 0 Å². The van der Waals surface area contributed by atoms with Gasteiger partial charge in [-0.3, -0.25) is 9.59 Å². The second kappa shape index (κ2) is 8.95. The van der Waals surface area contributed by atoms with Gasteiger partial charge < -0.3 is 9.84 Å². The van der Waals surface area contributed by atoms with Crippen LogP contribution in [-0.4, -0.2) is 23.1 Å². The summed E-state index contributed by atoms with van der Waals surface area (Å²) in [6.07, 6.45) is 14.5. The summed E-state index contributed by atoms with van der Waals surface area (Å²) in [7, 11) is 0. The van der Waals surface area contributed by atoms with Gasteiger partial charge in [-0.2, -0.15) is 0 Å². The zero-order valence-corrected chi connectivity index (χ0v) is 21.0. The first kappa shape index (κ1) is 24.1. The van der Waals surface area contributed by atoms with Gasteiger partial charge in [0, 0.05) is 11.8 Å². The maximum Gasteiger partial charge on any atom is 0.309 e. The molecule has 8 atom stereocenters. The Labute approximate surface area is 195 Å². The Morgan fingerprint density at radius 1 is 0.938 bits per heavy atom. The van der Waals surface area contributed by atoms with E-state index in [1.54, 1.807) is 0 Å². The van der Waals surface area contributed by atoms with E-state index in [-0.39, 0.29) is 23.4 Å². The molecule has 0 aromatic heterocycles. The van der Waals surface area contributed by atoms with Crippen LogP contribution in [-0.2, 0) is 14.3 Å². The first-order valence-corrected chi connectivity index (χ1v) is 13.6. The Bertz CT molecular complexity index is 714. The second-order valence-corrected chi connectivity index (χ2v) is 12.5. The van der Waals surface area contributed by atoms with Crippen LogP contribution in [0.5, 0.6) is 0 Å². The number of aliphatic carboxylic acids is 1.